The molecule has 0 aromatic heterocycles. The number of hydrogen-bond donors (Lipinski definition) is 1. The summed E-state index contributed by atoms with van der Waals surface area (Å²) in [6.45, 7) is 10.7. The van der Waals surface area contributed by atoms with E-state index in [2.05, 4.69) is 19.2 Å². The first-order valence-corrected chi connectivity index (χ1v) is 6.74. The molecule has 0 fully saturated rings. The summed E-state index contributed by atoms with van der Waals surface area (Å²) >= 11 is 0. The minimum atomic E-state index is -0.0920. The molecule has 3 nitrogen and oxygen atoms in total. The van der Waals surface area contributed by atoms with Crippen molar-refractivity contribution in [3.8, 4) is 0 Å². The van der Waals surface area contributed by atoms with Crippen LogP contribution in [0, 0.1) is 0 Å². The Bertz CT molecular complexity index is 136. The van der Waals surface area contributed by atoms with Crippen molar-refractivity contribution < 1.29 is 9.47 Å². The molecule has 0 radical (unpaired) electrons. The lowest BCUT2D eigenvalue weighted by Gasteiger charge is -2.22. The quantitative estimate of drug-likeness (QED) is 0.555. The molecule has 1 N–H and O–H groups in total. The van der Waals surface area contributed by atoms with Gasteiger partial charge in [0.25, 0.3) is 0 Å². The van der Waals surface area contributed by atoms with Gasteiger partial charge in [-0.15, -0.1) is 0 Å². The smallest absolute Gasteiger partial charge is 0.169 e. The second kappa shape index (κ2) is 11.4. The van der Waals surface area contributed by atoms with Gasteiger partial charge in [0.1, 0.15) is 0 Å². The molecule has 0 aromatic carbocycles. The van der Waals surface area contributed by atoms with Gasteiger partial charge in [0.05, 0.1) is 0 Å². The van der Waals surface area contributed by atoms with E-state index < -0.39 is 0 Å². The van der Waals surface area contributed by atoms with E-state index in [1.165, 1.54) is 25.7 Å². The van der Waals surface area contributed by atoms with Crippen LogP contribution in [-0.4, -0.2) is 32.1 Å². The standard InChI is InChI=1S/C13H29NO2/c1-5-9-10-12(6-2)14-11-13(15-7-3)16-8-4/h12-14H,5-11H2,1-4H3. The lowest BCUT2D eigenvalue weighted by Crippen LogP contribution is -2.37. The molecular formula is C13H29NO2. The van der Waals surface area contributed by atoms with Gasteiger partial charge in [0, 0.05) is 25.8 Å². The highest BCUT2D eigenvalue weighted by molar-refractivity contribution is 4.65. The summed E-state index contributed by atoms with van der Waals surface area (Å²) in [5, 5.41) is 3.52. The van der Waals surface area contributed by atoms with Crippen LogP contribution in [0.25, 0.3) is 0 Å². The summed E-state index contributed by atoms with van der Waals surface area (Å²) < 4.78 is 11.0. The average Bonchev–Trinajstić information content (AvgIpc) is 2.30. The summed E-state index contributed by atoms with van der Waals surface area (Å²) in [6, 6.07) is 0.600. The summed E-state index contributed by atoms with van der Waals surface area (Å²) in [7, 11) is 0. The van der Waals surface area contributed by atoms with E-state index in [1.807, 2.05) is 13.8 Å². The minimum absolute atomic E-state index is 0.0920. The van der Waals surface area contributed by atoms with Crippen molar-refractivity contribution >= 4 is 0 Å². The summed E-state index contributed by atoms with van der Waals surface area (Å²) in [6.07, 6.45) is 4.88. The molecule has 1 atom stereocenters. The molecule has 0 spiro atoms. The van der Waals surface area contributed by atoms with Gasteiger partial charge in [0.15, 0.2) is 6.29 Å². The number of rotatable bonds is 11. The van der Waals surface area contributed by atoms with E-state index in [4.69, 9.17) is 9.47 Å². The normalized spacial score (nSPS) is 13.3. The van der Waals surface area contributed by atoms with Crippen molar-refractivity contribution in [2.75, 3.05) is 19.8 Å². The van der Waals surface area contributed by atoms with E-state index in [0.717, 1.165) is 6.54 Å². The van der Waals surface area contributed by atoms with Crippen LogP contribution < -0.4 is 5.32 Å². The van der Waals surface area contributed by atoms with Crippen LogP contribution in [0.5, 0.6) is 0 Å². The summed E-state index contributed by atoms with van der Waals surface area (Å²) in [5.41, 5.74) is 0. The molecule has 0 saturated carbocycles. The molecule has 98 valence electrons. The molecule has 0 saturated heterocycles. The lowest BCUT2D eigenvalue weighted by molar-refractivity contribution is -0.133. The van der Waals surface area contributed by atoms with Crippen LogP contribution in [0.15, 0.2) is 0 Å². The second-order valence-corrected chi connectivity index (χ2v) is 4.00. The molecule has 0 heterocycles. The Morgan fingerprint density at radius 1 is 1.00 bits per heavy atom. The Balaban J connectivity index is 3.76. The Morgan fingerprint density at radius 2 is 1.62 bits per heavy atom. The first-order valence-electron chi connectivity index (χ1n) is 6.74. The zero-order valence-electron chi connectivity index (χ0n) is 11.4. The zero-order chi connectivity index (χ0) is 12.2. The third kappa shape index (κ3) is 8.08. The van der Waals surface area contributed by atoms with Gasteiger partial charge < -0.3 is 14.8 Å². The molecule has 0 aromatic rings. The van der Waals surface area contributed by atoms with Crippen molar-refractivity contribution in [3.63, 3.8) is 0 Å². The fourth-order valence-corrected chi connectivity index (χ4v) is 1.70. The summed E-state index contributed by atoms with van der Waals surface area (Å²) in [5.74, 6) is 0. The van der Waals surface area contributed by atoms with Gasteiger partial charge in [-0.1, -0.05) is 26.7 Å². The van der Waals surface area contributed by atoms with E-state index in [0.29, 0.717) is 19.3 Å². The van der Waals surface area contributed by atoms with E-state index in [1.54, 1.807) is 0 Å². The number of hydrogen-bond acceptors (Lipinski definition) is 3. The third-order valence-electron chi connectivity index (χ3n) is 2.68. The van der Waals surface area contributed by atoms with Crippen LogP contribution in [0.4, 0.5) is 0 Å². The highest BCUT2D eigenvalue weighted by Crippen LogP contribution is 2.04. The van der Waals surface area contributed by atoms with Crippen LogP contribution >= 0.6 is 0 Å². The zero-order valence-corrected chi connectivity index (χ0v) is 11.4. The van der Waals surface area contributed by atoms with Crippen molar-refractivity contribution in [1.29, 1.82) is 0 Å². The molecule has 0 aliphatic rings. The Hall–Kier alpha value is -0.120. The SMILES string of the molecule is CCCCC(CC)NCC(OCC)OCC. The Kier molecular flexibility index (Phi) is 11.3. The molecule has 0 bridgehead atoms. The molecule has 16 heavy (non-hydrogen) atoms. The van der Waals surface area contributed by atoms with Crippen LogP contribution in [0.2, 0.25) is 0 Å². The van der Waals surface area contributed by atoms with Crippen LogP contribution in [0.3, 0.4) is 0 Å². The van der Waals surface area contributed by atoms with Crippen LogP contribution in [0.1, 0.15) is 53.4 Å². The number of unbranched alkanes of at least 4 members (excludes halogenated alkanes) is 1. The fraction of sp³-hybridized carbons (Fsp3) is 1.00. The average molecular weight is 231 g/mol. The van der Waals surface area contributed by atoms with Crippen LogP contribution in [-0.2, 0) is 9.47 Å². The van der Waals surface area contributed by atoms with E-state index >= 15 is 0 Å². The van der Waals surface area contributed by atoms with E-state index in [9.17, 15) is 0 Å². The van der Waals surface area contributed by atoms with Crippen molar-refractivity contribution in [1.82, 2.24) is 5.32 Å². The lowest BCUT2D eigenvalue weighted by atomic mass is 10.1. The fourth-order valence-electron chi connectivity index (χ4n) is 1.70. The maximum Gasteiger partial charge on any atom is 0.169 e. The molecule has 0 amide bonds. The van der Waals surface area contributed by atoms with Gasteiger partial charge in [-0.25, -0.2) is 0 Å². The topological polar surface area (TPSA) is 30.5 Å². The first kappa shape index (κ1) is 15.9. The van der Waals surface area contributed by atoms with Crippen molar-refractivity contribution in [2.45, 2.75) is 65.7 Å². The predicted molar refractivity (Wildman–Crippen MR) is 68.6 cm³/mol. The molecule has 0 aliphatic carbocycles. The molecule has 3 heteroatoms. The highest BCUT2D eigenvalue weighted by Gasteiger charge is 2.11. The molecule has 0 aliphatic heterocycles. The van der Waals surface area contributed by atoms with Crippen molar-refractivity contribution in [2.24, 2.45) is 0 Å². The molecular weight excluding hydrogens is 202 g/mol. The predicted octanol–water partition coefficient (Wildman–Crippen LogP) is 2.94. The van der Waals surface area contributed by atoms with Gasteiger partial charge in [-0.3, -0.25) is 0 Å². The van der Waals surface area contributed by atoms with Gasteiger partial charge in [0.2, 0.25) is 0 Å². The monoisotopic (exact) mass is 231 g/mol. The second-order valence-electron chi connectivity index (χ2n) is 4.00. The van der Waals surface area contributed by atoms with E-state index in [-0.39, 0.29) is 6.29 Å². The Morgan fingerprint density at radius 3 is 2.06 bits per heavy atom. The third-order valence-corrected chi connectivity index (χ3v) is 2.68. The summed E-state index contributed by atoms with van der Waals surface area (Å²) in [4.78, 5) is 0. The minimum Gasteiger partial charge on any atom is -0.352 e. The van der Waals surface area contributed by atoms with Gasteiger partial charge in [-0.05, 0) is 26.7 Å². The largest absolute Gasteiger partial charge is 0.352 e. The molecule has 1 unspecified atom stereocenters. The number of ether oxygens (including phenoxy) is 2. The first-order chi connectivity index (χ1) is 7.78. The molecule has 0 rings (SSSR count). The van der Waals surface area contributed by atoms with Crippen molar-refractivity contribution in [3.05, 3.63) is 0 Å². The van der Waals surface area contributed by atoms with Gasteiger partial charge in [-0.2, -0.15) is 0 Å². The highest BCUT2D eigenvalue weighted by atomic mass is 16.7. The number of nitrogens with one attached hydrogen (secondary N) is 1. The maximum absolute atomic E-state index is 5.50. The maximum atomic E-state index is 5.50. The Labute approximate surface area is 101 Å². The van der Waals surface area contributed by atoms with Gasteiger partial charge >= 0.3 is 0 Å².